The molecular weight excluding hydrogens is 1060 g/mol. The SMILES string of the molecule is C=Cc1ccc(C2(c3ccccc3)c3ccccc3-c3ccc(N(c4ccc(F)cc4F)c4cccc5c4oc4c(N(c6ccc7c(c6)C(c6ccccc6)(c6ccc(C=C)cc6)c6ccccc6-7)c6ccc(F)cc6F)cccc45)cc32)cc1. The van der Waals surface area contributed by atoms with Gasteiger partial charge >= 0.3 is 0 Å². The molecular formula is C78H50F4N2O. The van der Waals surface area contributed by atoms with Gasteiger partial charge in [-0.2, -0.15) is 0 Å². The fourth-order valence-electron chi connectivity index (χ4n) is 13.8. The van der Waals surface area contributed by atoms with E-state index in [2.05, 4.69) is 147 Å². The van der Waals surface area contributed by atoms with Gasteiger partial charge in [0.2, 0.25) is 0 Å². The maximum Gasteiger partial charge on any atom is 0.159 e. The molecule has 15 rings (SSSR count). The average molecular weight is 1110 g/mol. The van der Waals surface area contributed by atoms with E-state index in [0.717, 1.165) is 90.0 Å². The van der Waals surface area contributed by atoms with E-state index < -0.39 is 34.1 Å². The molecule has 2 unspecified atom stereocenters. The van der Waals surface area contributed by atoms with Crippen LogP contribution in [-0.2, 0) is 10.8 Å². The number of para-hydroxylation sites is 2. The van der Waals surface area contributed by atoms with Crippen molar-refractivity contribution in [1.29, 1.82) is 0 Å². The smallest absolute Gasteiger partial charge is 0.159 e. The number of rotatable bonds is 12. The van der Waals surface area contributed by atoms with Crippen LogP contribution < -0.4 is 9.80 Å². The molecule has 1 aromatic heterocycles. The molecule has 0 amide bonds. The predicted molar refractivity (Wildman–Crippen MR) is 338 cm³/mol. The Hall–Kier alpha value is -10.8. The fourth-order valence-corrected chi connectivity index (χ4v) is 13.8. The molecule has 0 bridgehead atoms. The van der Waals surface area contributed by atoms with Crippen molar-refractivity contribution in [1.82, 2.24) is 0 Å². The Morgan fingerprint density at radius 2 is 0.694 bits per heavy atom. The number of hydrogen-bond donors (Lipinski definition) is 0. The summed E-state index contributed by atoms with van der Waals surface area (Å²) < 4.78 is 71.7. The summed E-state index contributed by atoms with van der Waals surface area (Å²) in [5.41, 5.74) is 15.8. The second-order valence-corrected chi connectivity index (χ2v) is 21.7. The zero-order chi connectivity index (χ0) is 57.6. The van der Waals surface area contributed by atoms with Crippen molar-refractivity contribution in [2.24, 2.45) is 0 Å². The molecule has 13 aromatic rings. The van der Waals surface area contributed by atoms with Crippen molar-refractivity contribution in [3.05, 3.63) is 359 Å². The lowest BCUT2D eigenvalue weighted by molar-refractivity contribution is 0.583. The minimum absolute atomic E-state index is 0.0841. The number of furan rings is 1. The van der Waals surface area contributed by atoms with Crippen LogP contribution in [-0.4, -0.2) is 0 Å². The third kappa shape index (κ3) is 7.73. The van der Waals surface area contributed by atoms with Crippen LogP contribution in [0.2, 0.25) is 0 Å². The number of anilines is 6. The molecule has 0 saturated carbocycles. The van der Waals surface area contributed by atoms with Crippen LogP contribution in [0.3, 0.4) is 0 Å². The Labute approximate surface area is 489 Å². The third-order valence-electron chi connectivity index (χ3n) is 17.4. The van der Waals surface area contributed by atoms with Crippen LogP contribution in [0.4, 0.5) is 51.7 Å². The van der Waals surface area contributed by atoms with E-state index in [4.69, 9.17) is 4.42 Å². The van der Waals surface area contributed by atoms with Crippen molar-refractivity contribution < 1.29 is 22.0 Å². The van der Waals surface area contributed by atoms with E-state index in [9.17, 15) is 0 Å². The zero-order valence-electron chi connectivity index (χ0n) is 45.8. The molecule has 0 radical (unpaired) electrons. The first kappa shape index (κ1) is 51.1. The average Bonchev–Trinajstić information content (AvgIpc) is 1.73. The second kappa shape index (κ2) is 20.0. The van der Waals surface area contributed by atoms with Crippen LogP contribution >= 0.6 is 0 Å². The fraction of sp³-hybridized carbons (Fsp3) is 0.0256. The molecule has 0 N–H and O–H groups in total. The first-order chi connectivity index (χ1) is 41.7. The van der Waals surface area contributed by atoms with Gasteiger partial charge in [0, 0.05) is 34.3 Å². The normalized spacial score (nSPS) is 15.5. The summed E-state index contributed by atoms with van der Waals surface area (Å²) in [5.74, 6) is -3.02. The van der Waals surface area contributed by atoms with E-state index in [0.29, 0.717) is 44.7 Å². The Morgan fingerprint density at radius 1 is 0.318 bits per heavy atom. The molecule has 0 spiro atoms. The number of nitrogens with zero attached hydrogens (tertiary/aromatic N) is 2. The lowest BCUT2D eigenvalue weighted by atomic mass is 9.67. The first-order valence-electron chi connectivity index (χ1n) is 28.2. The van der Waals surface area contributed by atoms with E-state index in [1.807, 2.05) is 109 Å². The Kier molecular flexibility index (Phi) is 12.0. The molecule has 85 heavy (non-hydrogen) atoms. The van der Waals surface area contributed by atoms with E-state index in [1.54, 1.807) is 9.80 Å². The van der Waals surface area contributed by atoms with Crippen molar-refractivity contribution in [2.45, 2.75) is 10.8 Å². The summed E-state index contributed by atoms with van der Waals surface area (Å²) in [4.78, 5) is 3.58. The third-order valence-corrected chi connectivity index (χ3v) is 17.4. The summed E-state index contributed by atoms with van der Waals surface area (Å²) in [5, 5.41) is 1.37. The molecule has 2 aliphatic rings. The Bertz CT molecular complexity index is 4520. The van der Waals surface area contributed by atoms with Gasteiger partial charge in [0.05, 0.1) is 33.6 Å². The Morgan fingerprint density at radius 3 is 1.09 bits per heavy atom. The predicted octanol–water partition coefficient (Wildman–Crippen LogP) is 21.1. The van der Waals surface area contributed by atoms with Crippen molar-refractivity contribution in [3.8, 4) is 22.3 Å². The zero-order valence-corrected chi connectivity index (χ0v) is 45.8. The quantitative estimate of drug-likeness (QED) is 0.114. The highest BCUT2D eigenvalue weighted by molar-refractivity contribution is 6.14. The van der Waals surface area contributed by atoms with Crippen LogP contribution in [0.5, 0.6) is 0 Å². The summed E-state index contributed by atoms with van der Waals surface area (Å²) in [6.45, 7) is 8.07. The van der Waals surface area contributed by atoms with Gasteiger partial charge in [0.25, 0.3) is 0 Å². The highest BCUT2D eigenvalue weighted by Gasteiger charge is 2.48. The highest BCUT2D eigenvalue weighted by atomic mass is 19.1. The standard InChI is InChI=1S/C78H50F4N2O/c1-3-49-29-33-53(34-30-49)77(51-17-7-5-8-18-51)65-25-13-11-21-59(65)61-41-39-57(47-67(61)77)83(71-43-37-55(79)45-69(71)81)73-27-15-23-63-64-24-16-28-74(76(64)85-75(63)73)84(72-44-38-56(80)46-70(72)82)58-40-42-62-60-22-12-14-26-66(60)78(68(62)48-58,52-19-9-6-10-20-52)54-35-31-50(4-2)32-36-54/h3-48H,1-2H2. The van der Waals surface area contributed by atoms with Gasteiger partial charge in [-0.25, -0.2) is 17.6 Å². The molecule has 12 aromatic carbocycles. The summed E-state index contributed by atoms with van der Waals surface area (Å²) >= 11 is 0. The molecule has 1 heterocycles. The van der Waals surface area contributed by atoms with Gasteiger partial charge in [-0.15, -0.1) is 0 Å². The van der Waals surface area contributed by atoms with Gasteiger partial charge in [0.1, 0.15) is 23.3 Å². The minimum Gasteiger partial charge on any atom is -0.452 e. The number of fused-ring (bicyclic) bond motifs is 9. The maximum atomic E-state index is 17.0. The highest BCUT2D eigenvalue weighted by Crippen LogP contribution is 2.60. The molecule has 406 valence electrons. The van der Waals surface area contributed by atoms with Gasteiger partial charge in [-0.05, 0) is 139 Å². The molecule has 0 aliphatic heterocycles. The maximum absolute atomic E-state index is 17.0. The van der Waals surface area contributed by atoms with Gasteiger partial charge in [0.15, 0.2) is 11.2 Å². The molecule has 7 heteroatoms. The number of halogens is 4. The van der Waals surface area contributed by atoms with Crippen LogP contribution in [0.1, 0.15) is 55.6 Å². The van der Waals surface area contributed by atoms with E-state index in [-0.39, 0.29) is 11.4 Å². The van der Waals surface area contributed by atoms with E-state index in [1.165, 1.54) is 24.3 Å². The number of benzene rings is 12. The number of hydrogen-bond acceptors (Lipinski definition) is 3. The minimum atomic E-state index is -0.827. The van der Waals surface area contributed by atoms with Crippen LogP contribution in [0.15, 0.2) is 284 Å². The molecule has 0 saturated heterocycles. The monoisotopic (exact) mass is 1110 g/mol. The molecule has 2 aliphatic carbocycles. The van der Waals surface area contributed by atoms with Crippen LogP contribution in [0.25, 0.3) is 56.3 Å². The first-order valence-corrected chi connectivity index (χ1v) is 28.2. The van der Waals surface area contributed by atoms with Gasteiger partial charge in [-0.1, -0.05) is 219 Å². The summed E-state index contributed by atoms with van der Waals surface area (Å²) in [6, 6.07) is 85.6. The Balaban J connectivity index is 0.965. The lowest BCUT2D eigenvalue weighted by Gasteiger charge is -2.35. The van der Waals surface area contributed by atoms with Crippen molar-refractivity contribution in [3.63, 3.8) is 0 Å². The van der Waals surface area contributed by atoms with Crippen molar-refractivity contribution in [2.75, 3.05) is 9.80 Å². The summed E-state index contributed by atoms with van der Waals surface area (Å²) in [7, 11) is 0. The van der Waals surface area contributed by atoms with Gasteiger partial charge in [-0.3, -0.25) is 0 Å². The van der Waals surface area contributed by atoms with E-state index >= 15 is 17.6 Å². The second-order valence-electron chi connectivity index (χ2n) is 21.7. The molecule has 0 fully saturated rings. The largest absolute Gasteiger partial charge is 0.452 e. The lowest BCUT2D eigenvalue weighted by Crippen LogP contribution is -2.28. The molecule has 2 atom stereocenters. The van der Waals surface area contributed by atoms with Gasteiger partial charge < -0.3 is 14.2 Å². The van der Waals surface area contributed by atoms with Crippen LogP contribution in [0, 0.1) is 23.3 Å². The molecule has 3 nitrogen and oxygen atoms in total. The summed E-state index contributed by atoms with van der Waals surface area (Å²) in [6.07, 6.45) is 3.66. The van der Waals surface area contributed by atoms with Crippen molar-refractivity contribution >= 4 is 68.2 Å². The topological polar surface area (TPSA) is 19.6 Å².